The minimum Gasteiger partial charge on any atom is -0.314 e. The van der Waals surface area contributed by atoms with Crippen molar-refractivity contribution in [2.45, 2.75) is 18.9 Å². The van der Waals surface area contributed by atoms with E-state index in [0.717, 1.165) is 39.0 Å². The molecule has 4 heteroatoms. The average molecular weight is 403 g/mol. The van der Waals surface area contributed by atoms with Crippen LogP contribution in [0.4, 0.5) is 0 Å². The van der Waals surface area contributed by atoms with E-state index in [-0.39, 0.29) is 24.8 Å². The highest BCUT2D eigenvalue weighted by Crippen LogP contribution is 2.37. The highest BCUT2D eigenvalue weighted by molar-refractivity contribution is 6.02. The quantitative estimate of drug-likeness (QED) is 0.431. The van der Waals surface area contributed by atoms with Gasteiger partial charge in [0.25, 0.3) is 0 Å². The van der Waals surface area contributed by atoms with Crippen LogP contribution in [0.1, 0.15) is 24.4 Å². The maximum absolute atomic E-state index is 3.97. The van der Waals surface area contributed by atoms with Crippen LogP contribution in [0, 0.1) is 0 Å². The number of halogens is 2. The van der Waals surface area contributed by atoms with Gasteiger partial charge in [0, 0.05) is 32.2 Å². The number of fused-ring (bicyclic) bond motifs is 2. The Bertz CT molecular complexity index is 834. The smallest absolute Gasteiger partial charge is 0.0364 e. The zero-order valence-electron chi connectivity index (χ0n) is 15.6. The molecule has 0 saturated carbocycles. The number of hydrogen-bond acceptors (Lipinski definition) is 2. The van der Waals surface area contributed by atoms with Crippen LogP contribution in [-0.2, 0) is 0 Å². The first kappa shape index (κ1) is 21.7. The zero-order chi connectivity index (χ0) is 17.1. The van der Waals surface area contributed by atoms with E-state index < -0.39 is 0 Å². The predicted molar refractivity (Wildman–Crippen MR) is 123 cm³/mol. The number of nitrogens with zero attached hydrogens (tertiary/aromatic N) is 1. The number of allylic oxidation sites excluding steroid dienone is 1. The molecule has 0 amide bonds. The summed E-state index contributed by atoms with van der Waals surface area (Å²) in [5, 5.41) is 8.97. The molecule has 27 heavy (non-hydrogen) atoms. The van der Waals surface area contributed by atoms with Gasteiger partial charge in [0.2, 0.25) is 0 Å². The molecule has 3 aromatic carbocycles. The van der Waals surface area contributed by atoms with Crippen LogP contribution in [0.2, 0.25) is 0 Å². The van der Waals surface area contributed by atoms with Gasteiger partial charge in [0.1, 0.15) is 0 Å². The molecule has 4 rings (SSSR count). The summed E-state index contributed by atoms with van der Waals surface area (Å²) < 4.78 is 0. The van der Waals surface area contributed by atoms with Gasteiger partial charge in [-0.05, 0) is 46.0 Å². The molecular weight excluding hydrogens is 375 g/mol. The Morgan fingerprint density at radius 2 is 1.48 bits per heavy atom. The minimum absolute atomic E-state index is 0. The summed E-state index contributed by atoms with van der Waals surface area (Å²) in [6.07, 6.45) is 4.23. The molecule has 1 aliphatic rings. The van der Waals surface area contributed by atoms with Crippen LogP contribution in [0.25, 0.3) is 21.5 Å². The first-order valence-corrected chi connectivity index (χ1v) is 9.34. The third kappa shape index (κ3) is 4.47. The van der Waals surface area contributed by atoms with Crippen molar-refractivity contribution in [1.82, 2.24) is 10.2 Å². The second-order valence-electron chi connectivity index (χ2n) is 6.90. The van der Waals surface area contributed by atoms with Crippen LogP contribution in [0.3, 0.4) is 0 Å². The third-order valence-electron chi connectivity index (χ3n) is 5.38. The second-order valence-corrected chi connectivity index (χ2v) is 6.90. The lowest BCUT2D eigenvalue weighted by molar-refractivity contribution is 0.168. The summed E-state index contributed by atoms with van der Waals surface area (Å²) in [5.74, 6) is 0. The number of hydrogen-bond donors (Lipinski definition) is 1. The second kappa shape index (κ2) is 10.1. The van der Waals surface area contributed by atoms with Crippen molar-refractivity contribution in [2.24, 2.45) is 0 Å². The van der Waals surface area contributed by atoms with Gasteiger partial charge >= 0.3 is 0 Å². The minimum atomic E-state index is 0. The summed E-state index contributed by atoms with van der Waals surface area (Å²) in [5.41, 5.74) is 1.50. The molecule has 0 spiro atoms. The molecule has 1 aliphatic heterocycles. The van der Waals surface area contributed by atoms with E-state index >= 15 is 0 Å². The lowest BCUT2D eigenvalue weighted by Gasteiger charge is -2.36. The average Bonchev–Trinajstić information content (AvgIpc) is 2.68. The Balaban J connectivity index is 0.00000131. The maximum Gasteiger partial charge on any atom is 0.0364 e. The lowest BCUT2D eigenvalue weighted by Crippen LogP contribution is -2.45. The SMILES string of the molecule is C=CCC[C@@H](c1c2ccccc2cc2ccccc12)N1CCNCC1.Cl.Cl. The summed E-state index contributed by atoms with van der Waals surface area (Å²) >= 11 is 0. The first-order valence-electron chi connectivity index (χ1n) is 9.34. The van der Waals surface area contributed by atoms with E-state index in [4.69, 9.17) is 0 Å². The van der Waals surface area contributed by atoms with Crippen molar-refractivity contribution in [3.05, 3.63) is 72.8 Å². The molecule has 0 radical (unpaired) electrons. The highest BCUT2D eigenvalue weighted by atomic mass is 35.5. The van der Waals surface area contributed by atoms with Crippen molar-refractivity contribution < 1.29 is 0 Å². The first-order chi connectivity index (χ1) is 12.4. The van der Waals surface area contributed by atoms with Crippen molar-refractivity contribution in [3.8, 4) is 0 Å². The molecule has 1 N–H and O–H groups in total. The fourth-order valence-electron chi connectivity index (χ4n) is 4.19. The lowest BCUT2D eigenvalue weighted by atomic mass is 9.89. The number of rotatable bonds is 5. The molecule has 144 valence electrons. The van der Waals surface area contributed by atoms with Crippen LogP contribution >= 0.6 is 24.8 Å². The Morgan fingerprint density at radius 3 is 2.04 bits per heavy atom. The van der Waals surface area contributed by atoms with E-state index in [2.05, 4.69) is 77.5 Å². The van der Waals surface area contributed by atoms with Gasteiger partial charge < -0.3 is 5.32 Å². The molecule has 0 bridgehead atoms. The van der Waals surface area contributed by atoms with E-state index in [9.17, 15) is 0 Å². The normalized spacial score (nSPS) is 15.7. The molecule has 1 heterocycles. The monoisotopic (exact) mass is 402 g/mol. The Labute approximate surface area is 174 Å². The standard InChI is InChI=1S/C23H26N2.2ClH/c1-2-3-12-22(25-15-13-24-14-16-25)23-20-10-6-4-8-18(20)17-19-9-5-7-11-21(19)23;;/h2,4-11,17,22,24H,1,3,12-16H2;2*1H/t22-;;/m0../s1. The molecule has 1 atom stereocenters. The van der Waals surface area contributed by atoms with Gasteiger partial charge in [0.05, 0.1) is 0 Å². The van der Waals surface area contributed by atoms with Crippen LogP contribution < -0.4 is 5.32 Å². The number of nitrogens with one attached hydrogen (secondary N) is 1. The zero-order valence-corrected chi connectivity index (χ0v) is 17.2. The van der Waals surface area contributed by atoms with Gasteiger partial charge in [-0.2, -0.15) is 0 Å². The predicted octanol–water partition coefficient (Wildman–Crippen LogP) is 5.75. The van der Waals surface area contributed by atoms with Gasteiger partial charge in [-0.15, -0.1) is 31.4 Å². The topological polar surface area (TPSA) is 15.3 Å². The van der Waals surface area contributed by atoms with E-state index in [1.807, 2.05) is 0 Å². The molecule has 1 fully saturated rings. The van der Waals surface area contributed by atoms with Gasteiger partial charge in [-0.3, -0.25) is 4.90 Å². The van der Waals surface area contributed by atoms with E-state index in [0.29, 0.717) is 6.04 Å². The van der Waals surface area contributed by atoms with Crippen molar-refractivity contribution in [3.63, 3.8) is 0 Å². The summed E-state index contributed by atoms with van der Waals surface area (Å²) in [6.45, 7) is 8.34. The van der Waals surface area contributed by atoms with Crippen molar-refractivity contribution in [2.75, 3.05) is 26.2 Å². The van der Waals surface area contributed by atoms with Gasteiger partial charge in [-0.1, -0.05) is 54.6 Å². The Kier molecular flexibility index (Phi) is 8.12. The fraction of sp³-hybridized carbons (Fsp3) is 0.304. The Morgan fingerprint density at radius 1 is 0.926 bits per heavy atom. The summed E-state index contributed by atoms with van der Waals surface area (Å²) in [6, 6.07) is 20.5. The van der Waals surface area contributed by atoms with Crippen LogP contribution in [-0.4, -0.2) is 31.1 Å². The van der Waals surface area contributed by atoms with Crippen molar-refractivity contribution >= 4 is 46.4 Å². The molecule has 0 aromatic heterocycles. The number of benzene rings is 3. The van der Waals surface area contributed by atoms with Gasteiger partial charge in [-0.25, -0.2) is 0 Å². The highest BCUT2D eigenvalue weighted by Gasteiger charge is 2.25. The van der Waals surface area contributed by atoms with Crippen LogP contribution in [0.15, 0.2) is 67.3 Å². The van der Waals surface area contributed by atoms with Gasteiger partial charge in [0.15, 0.2) is 0 Å². The largest absolute Gasteiger partial charge is 0.314 e. The van der Waals surface area contributed by atoms with E-state index in [1.54, 1.807) is 0 Å². The van der Waals surface area contributed by atoms with Crippen LogP contribution in [0.5, 0.6) is 0 Å². The summed E-state index contributed by atoms with van der Waals surface area (Å²) in [7, 11) is 0. The molecule has 3 aromatic rings. The molecule has 1 saturated heterocycles. The summed E-state index contributed by atoms with van der Waals surface area (Å²) in [4.78, 5) is 2.66. The third-order valence-corrected chi connectivity index (χ3v) is 5.38. The molecule has 0 aliphatic carbocycles. The van der Waals surface area contributed by atoms with E-state index in [1.165, 1.54) is 27.1 Å². The molecular formula is C23H28Cl2N2. The van der Waals surface area contributed by atoms with Crippen molar-refractivity contribution in [1.29, 1.82) is 0 Å². The molecule has 2 nitrogen and oxygen atoms in total. The fourth-order valence-corrected chi connectivity index (χ4v) is 4.19. The Hall–Kier alpha value is -1.58. The molecule has 0 unspecified atom stereocenters. The number of piperazine rings is 1. The maximum atomic E-state index is 3.97.